The minimum atomic E-state index is -0.564. The van der Waals surface area contributed by atoms with E-state index in [4.69, 9.17) is 5.73 Å². The van der Waals surface area contributed by atoms with Crippen LogP contribution >= 0.6 is 0 Å². The van der Waals surface area contributed by atoms with Crippen molar-refractivity contribution in [2.45, 2.75) is 168 Å². The molecule has 0 aliphatic rings. The highest BCUT2D eigenvalue weighted by atomic mass is 16.2. The van der Waals surface area contributed by atoms with Crippen LogP contribution in [0.15, 0.2) is 0 Å². The average Bonchev–Trinajstić information content (AvgIpc) is 2.85. The van der Waals surface area contributed by atoms with Gasteiger partial charge in [-0.25, -0.2) is 4.90 Å². The lowest BCUT2D eigenvalue weighted by Gasteiger charge is -2.18. The lowest BCUT2D eigenvalue weighted by molar-refractivity contribution is -0.153. The number of unbranched alkanes of at least 4 members (excludes halogenated alkanes) is 20. The zero-order valence-electron chi connectivity index (χ0n) is 23.4. The summed E-state index contributed by atoms with van der Waals surface area (Å²) in [5, 5.41) is 0. The van der Waals surface area contributed by atoms with Gasteiger partial charge in [-0.2, -0.15) is 0 Å². The zero-order chi connectivity index (χ0) is 26.0. The van der Waals surface area contributed by atoms with E-state index in [9.17, 15) is 14.4 Å². The van der Waals surface area contributed by atoms with Gasteiger partial charge >= 0.3 is 0 Å². The molecule has 5 heteroatoms. The van der Waals surface area contributed by atoms with Crippen molar-refractivity contribution < 1.29 is 14.4 Å². The Balaban J connectivity index is 3.92. The van der Waals surface area contributed by atoms with Crippen molar-refractivity contribution in [1.82, 2.24) is 4.90 Å². The van der Waals surface area contributed by atoms with Crippen LogP contribution in [0.2, 0.25) is 0 Å². The number of hydrogen-bond donors (Lipinski definition) is 1. The van der Waals surface area contributed by atoms with Crippen LogP contribution in [0, 0.1) is 0 Å². The predicted octanol–water partition coefficient (Wildman–Crippen LogP) is 8.23. The fraction of sp³-hybridized carbons (Fsp3) is 0.900. The maximum Gasteiger partial charge on any atom is 0.249 e. The summed E-state index contributed by atoms with van der Waals surface area (Å²) in [6.45, 7) is 4.18. The first-order chi connectivity index (χ1) is 17.1. The normalized spacial score (nSPS) is 11.1. The van der Waals surface area contributed by atoms with E-state index in [1.807, 2.05) is 0 Å². The summed E-state index contributed by atoms with van der Waals surface area (Å²) in [7, 11) is 0. The maximum atomic E-state index is 12.6. The summed E-state index contributed by atoms with van der Waals surface area (Å²) in [4.78, 5) is 38.1. The number of rotatable bonds is 25. The van der Waals surface area contributed by atoms with Crippen molar-refractivity contribution in [3.8, 4) is 0 Å². The van der Waals surface area contributed by atoms with Gasteiger partial charge in [-0.15, -0.1) is 0 Å². The number of carbonyl (C=O) groups excluding carboxylic acids is 3. The van der Waals surface area contributed by atoms with E-state index < -0.39 is 5.91 Å². The molecule has 0 unspecified atom stereocenters. The predicted molar refractivity (Wildman–Crippen MR) is 148 cm³/mol. The smallest absolute Gasteiger partial charge is 0.249 e. The van der Waals surface area contributed by atoms with Crippen molar-refractivity contribution in [1.29, 1.82) is 0 Å². The summed E-state index contributed by atoms with van der Waals surface area (Å²) < 4.78 is 0. The van der Waals surface area contributed by atoms with Crippen molar-refractivity contribution in [2.24, 2.45) is 5.73 Å². The second-order valence-corrected chi connectivity index (χ2v) is 10.3. The van der Waals surface area contributed by atoms with Crippen molar-refractivity contribution in [2.75, 3.05) is 6.54 Å². The Labute approximate surface area is 217 Å². The molecule has 0 rings (SSSR count). The molecule has 2 N–H and O–H groups in total. The van der Waals surface area contributed by atoms with Crippen LogP contribution in [0.4, 0.5) is 0 Å². The van der Waals surface area contributed by atoms with Gasteiger partial charge in [0.15, 0.2) is 0 Å². The largest absolute Gasteiger partial charge is 0.322 e. The Morgan fingerprint density at radius 2 is 0.686 bits per heavy atom. The fourth-order valence-corrected chi connectivity index (χ4v) is 4.61. The van der Waals surface area contributed by atoms with E-state index >= 15 is 0 Å². The van der Waals surface area contributed by atoms with Crippen molar-refractivity contribution >= 4 is 17.7 Å². The Morgan fingerprint density at radius 3 is 0.943 bits per heavy atom. The minimum absolute atomic E-state index is 0.257. The number of hydrogen-bond acceptors (Lipinski definition) is 4. The van der Waals surface area contributed by atoms with Gasteiger partial charge in [0.1, 0.15) is 0 Å². The molecule has 0 saturated carbocycles. The van der Waals surface area contributed by atoms with Crippen LogP contribution in [0.25, 0.3) is 0 Å². The first-order valence-electron chi connectivity index (χ1n) is 15.2. The molecule has 0 heterocycles. The number of nitrogens with zero attached hydrogens (tertiary/aromatic N) is 1. The number of amides is 3. The average molecular weight is 495 g/mol. The van der Waals surface area contributed by atoms with Crippen LogP contribution in [0.1, 0.15) is 168 Å². The molecule has 0 spiro atoms. The van der Waals surface area contributed by atoms with Crippen LogP contribution in [0.3, 0.4) is 0 Å². The highest BCUT2D eigenvalue weighted by Gasteiger charge is 2.26. The molecule has 3 amide bonds. The summed E-state index contributed by atoms with van der Waals surface area (Å²) in [6, 6.07) is 0. The molecular formula is C30H58N2O3. The quantitative estimate of drug-likeness (QED) is 0.130. The van der Waals surface area contributed by atoms with Gasteiger partial charge in [0.2, 0.25) is 17.7 Å². The van der Waals surface area contributed by atoms with Gasteiger partial charge < -0.3 is 5.73 Å². The van der Waals surface area contributed by atoms with E-state index in [2.05, 4.69) is 13.8 Å². The van der Waals surface area contributed by atoms with Gasteiger partial charge in [0.25, 0.3) is 0 Å². The molecule has 0 aromatic heterocycles. The highest BCUT2D eigenvalue weighted by Crippen LogP contribution is 2.15. The first kappa shape index (κ1) is 33.8. The molecule has 0 aromatic carbocycles. The highest BCUT2D eigenvalue weighted by molar-refractivity contribution is 6.11. The summed E-state index contributed by atoms with van der Waals surface area (Å²) >= 11 is 0. The summed E-state index contributed by atoms with van der Waals surface area (Å²) in [6.07, 6.45) is 27.0. The van der Waals surface area contributed by atoms with Gasteiger partial charge in [-0.1, -0.05) is 142 Å². The summed E-state index contributed by atoms with van der Waals surface area (Å²) in [5.41, 5.74) is 5.48. The van der Waals surface area contributed by atoms with Crippen molar-refractivity contribution in [3.63, 3.8) is 0 Å². The van der Waals surface area contributed by atoms with Gasteiger partial charge in [0, 0.05) is 12.8 Å². The topological polar surface area (TPSA) is 80.5 Å². The van der Waals surface area contributed by atoms with E-state index in [0.29, 0.717) is 0 Å². The molecule has 5 nitrogen and oxygen atoms in total. The fourth-order valence-electron chi connectivity index (χ4n) is 4.61. The third-order valence-corrected chi connectivity index (χ3v) is 6.91. The molecule has 206 valence electrons. The summed E-state index contributed by atoms with van der Waals surface area (Å²) in [5.74, 6) is -1.31. The molecule has 0 atom stereocenters. The Hall–Kier alpha value is -1.23. The third-order valence-electron chi connectivity index (χ3n) is 6.91. The maximum absolute atomic E-state index is 12.6. The molecule has 0 aliphatic carbocycles. The monoisotopic (exact) mass is 494 g/mol. The standard InChI is InChI=1S/C30H58N2O3/c1-3-5-7-9-11-13-15-17-19-21-23-25-28(33)32(30(35)27-31)29(34)26-24-22-20-18-16-14-12-10-8-6-4-2/h3-27,31H2,1-2H3. The SMILES string of the molecule is CCCCCCCCCCCCCC(=O)N(C(=O)CN)C(=O)CCCCCCCCCCCCC. The van der Waals surface area contributed by atoms with Crippen LogP contribution in [-0.4, -0.2) is 29.2 Å². The Bertz CT molecular complexity index is 484. The zero-order valence-corrected chi connectivity index (χ0v) is 23.4. The van der Waals surface area contributed by atoms with E-state index in [1.54, 1.807) is 0 Å². The molecule has 0 fully saturated rings. The van der Waals surface area contributed by atoms with Crippen LogP contribution in [-0.2, 0) is 14.4 Å². The van der Waals surface area contributed by atoms with Gasteiger partial charge in [-0.05, 0) is 12.8 Å². The Morgan fingerprint density at radius 1 is 0.429 bits per heavy atom. The molecule has 0 radical (unpaired) electrons. The lowest BCUT2D eigenvalue weighted by Crippen LogP contribution is -2.44. The van der Waals surface area contributed by atoms with E-state index in [0.717, 1.165) is 43.4 Å². The molecule has 35 heavy (non-hydrogen) atoms. The molecule has 0 saturated heterocycles. The van der Waals surface area contributed by atoms with Crippen LogP contribution in [0.5, 0.6) is 0 Å². The van der Waals surface area contributed by atoms with Crippen molar-refractivity contribution in [3.05, 3.63) is 0 Å². The molecular weight excluding hydrogens is 436 g/mol. The third kappa shape index (κ3) is 20.6. The van der Waals surface area contributed by atoms with Crippen LogP contribution < -0.4 is 5.73 Å². The Kier molecular flexibility index (Phi) is 24.9. The number of carbonyl (C=O) groups is 3. The molecule has 0 aliphatic heterocycles. The van der Waals surface area contributed by atoms with E-state index in [-0.39, 0.29) is 31.2 Å². The number of nitrogens with two attached hydrogens (primary N) is 1. The lowest BCUT2D eigenvalue weighted by atomic mass is 10.0. The minimum Gasteiger partial charge on any atom is -0.322 e. The molecule has 0 bridgehead atoms. The first-order valence-corrected chi connectivity index (χ1v) is 15.2. The van der Waals surface area contributed by atoms with E-state index in [1.165, 1.54) is 103 Å². The second-order valence-electron chi connectivity index (χ2n) is 10.3. The number of imide groups is 3. The molecule has 0 aromatic rings. The van der Waals surface area contributed by atoms with Gasteiger partial charge in [-0.3, -0.25) is 14.4 Å². The second kappa shape index (κ2) is 25.9. The van der Waals surface area contributed by atoms with Gasteiger partial charge in [0.05, 0.1) is 6.54 Å².